The van der Waals surface area contributed by atoms with Crippen LogP contribution in [-0.4, -0.2) is 32.7 Å². The number of anilines is 1. The first-order valence-corrected chi connectivity index (χ1v) is 10.4. The molecule has 7 nitrogen and oxygen atoms in total. The number of rotatable bonds is 6. The average Bonchev–Trinajstić information content (AvgIpc) is 3.31. The Morgan fingerprint density at radius 2 is 1.67 bits per heavy atom. The molecule has 0 saturated carbocycles. The van der Waals surface area contributed by atoms with E-state index in [-0.39, 0.29) is 33.2 Å². The molecule has 0 aliphatic heterocycles. The van der Waals surface area contributed by atoms with Crippen LogP contribution < -0.4 is 10.9 Å². The van der Waals surface area contributed by atoms with Crippen molar-refractivity contribution in [3.05, 3.63) is 73.7 Å². The first-order valence-electron chi connectivity index (χ1n) is 9.28. The van der Waals surface area contributed by atoms with Gasteiger partial charge in [0.2, 0.25) is 0 Å². The van der Waals surface area contributed by atoms with E-state index in [4.69, 9.17) is 34.8 Å². The molecule has 1 aromatic heterocycles. The van der Waals surface area contributed by atoms with Crippen LogP contribution in [0.3, 0.4) is 0 Å². The van der Waals surface area contributed by atoms with Gasteiger partial charge in [-0.05, 0) is 41.1 Å². The number of nitrogens with one attached hydrogen (secondary N) is 3. The Labute approximate surface area is 211 Å². The van der Waals surface area contributed by atoms with Crippen molar-refractivity contribution in [1.29, 1.82) is 0 Å². The second-order valence-electron chi connectivity index (χ2n) is 6.91. The number of aromatic amines is 1. The number of nitrogens with zero attached hydrogens (tertiary/aromatic N) is 3. The van der Waals surface area contributed by atoms with Crippen LogP contribution in [0.1, 0.15) is 33.0 Å². The van der Waals surface area contributed by atoms with Crippen molar-refractivity contribution in [2.45, 2.75) is 18.3 Å². The van der Waals surface area contributed by atoms with Crippen LogP contribution in [0, 0.1) is 0 Å². The monoisotopic (exact) mass is 576 g/mol. The van der Waals surface area contributed by atoms with Crippen molar-refractivity contribution in [1.82, 2.24) is 26.0 Å². The number of hydrogen-bond acceptors (Lipinski definition) is 5. The molecule has 0 saturated heterocycles. The van der Waals surface area contributed by atoms with E-state index in [0.29, 0.717) is 12.1 Å². The van der Waals surface area contributed by atoms with E-state index in [1.807, 2.05) is 10.6 Å². The van der Waals surface area contributed by atoms with Crippen molar-refractivity contribution in [3.63, 3.8) is 0 Å². The molecule has 0 aliphatic carbocycles. The van der Waals surface area contributed by atoms with Gasteiger partial charge in [0, 0.05) is 5.56 Å². The maximum atomic E-state index is 14.9. The van der Waals surface area contributed by atoms with Crippen LogP contribution in [0.2, 0.25) is 15.1 Å². The van der Waals surface area contributed by atoms with E-state index in [2.05, 4.69) is 20.8 Å². The molecule has 1 heterocycles. The van der Waals surface area contributed by atoms with Gasteiger partial charge < -0.3 is 0 Å². The number of allylic oxidation sites excluding steroid dienone is 1. The number of carbonyl (C=O) groups is 1. The standard InChI is InChI=1S/C19H10Cl3F7N6O/c20-12-4-8(5-13(21)15(12)22)10(18(24,25)26)6-14(23)7-1-2-9(11(3-7)19(27,28)29)16(36)30-31-17-32-34-35-33-17/h1-6,10H,(H,30,36)(H2,31,32,33,34,35). The highest BCUT2D eigenvalue weighted by atomic mass is 35.5. The summed E-state index contributed by atoms with van der Waals surface area (Å²) in [6, 6.07) is 3.12. The fourth-order valence-electron chi connectivity index (χ4n) is 2.90. The first kappa shape index (κ1) is 27.5. The Morgan fingerprint density at radius 1 is 1.03 bits per heavy atom. The van der Waals surface area contributed by atoms with E-state index >= 15 is 0 Å². The maximum absolute atomic E-state index is 14.9. The van der Waals surface area contributed by atoms with Crippen LogP contribution in [0.15, 0.2) is 36.4 Å². The molecule has 3 aromatic rings. The predicted molar refractivity (Wildman–Crippen MR) is 116 cm³/mol. The quantitative estimate of drug-likeness (QED) is 0.175. The van der Waals surface area contributed by atoms with Crippen LogP contribution in [0.25, 0.3) is 5.83 Å². The largest absolute Gasteiger partial charge is 0.417 e. The van der Waals surface area contributed by atoms with Gasteiger partial charge in [0.25, 0.3) is 11.9 Å². The molecule has 0 radical (unpaired) electrons. The van der Waals surface area contributed by atoms with Gasteiger partial charge in [-0.3, -0.25) is 15.6 Å². The van der Waals surface area contributed by atoms with Gasteiger partial charge in [-0.25, -0.2) is 4.39 Å². The van der Waals surface area contributed by atoms with E-state index in [0.717, 1.165) is 12.1 Å². The fourth-order valence-corrected chi connectivity index (χ4v) is 3.51. The van der Waals surface area contributed by atoms with Crippen molar-refractivity contribution in [2.75, 3.05) is 5.43 Å². The number of hydrogen-bond donors (Lipinski definition) is 3. The summed E-state index contributed by atoms with van der Waals surface area (Å²) in [7, 11) is 0. The zero-order valence-corrected chi connectivity index (χ0v) is 19.3. The third kappa shape index (κ3) is 6.36. The van der Waals surface area contributed by atoms with Crippen LogP contribution in [0.4, 0.5) is 36.7 Å². The van der Waals surface area contributed by atoms with Gasteiger partial charge in [0.1, 0.15) is 11.7 Å². The summed E-state index contributed by atoms with van der Waals surface area (Å²) in [6.45, 7) is 0. The molecule has 192 valence electrons. The van der Waals surface area contributed by atoms with E-state index in [1.54, 1.807) is 0 Å². The molecule has 2 aromatic carbocycles. The molecule has 3 N–H and O–H groups in total. The third-order valence-corrected chi connectivity index (χ3v) is 5.71. The number of halogens is 10. The van der Waals surface area contributed by atoms with Crippen LogP contribution in [0.5, 0.6) is 0 Å². The molecular formula is C19H10Cl3F7N6O. The number of tetrazole rings is 1. The predicted octanol–water partition coefficient (Wildman–Crippen LogP) is 6.59. The number of alkyl halides is 6. The lowest BCUT2D eigenvalue weighted by Crippen LogP contribution is -2.31. The van der Waals surface area contributed by atoms with Gasteiger partial charge in [0.05, 0.1) is 26.2 Å². The summed E-state index contributed by atoms with van der Waals surface area (Å²) in [5.74, 6) is -5.88. The van der Waals surface area contributed by atoms with E-state index in [1.165, 1.54) is 0 Å². The van der Waals surface area contributed by atoms with Gasteiger partial charge in [0.15, 0.2) is 0 Å². The first-order chi connectivity index (χ1) is 16.7. The lowest BCUT2D eigenvalue weighted by molar-refractivity contribution is -0.140. The molecule has 1 atom stereocenters. The zero-order chi connectivity index (χ0) is 26.8. The smallest absolute Gasteiger partial charge is 0.267 e. The van der Waals surface area contributed by atoms with Crippen molar-refractivity contribution >= 4 is 52.5 Å². The highest BCUT2D eigenvalue weighted by Crippen LogP contribution is 2.42. The number of carbonyl (C=O) groups excluding carboxylic acids is 1. The molecule has 1 amide bonds. The maximum Gasteiger partial charge on any atom is 0.417 e. The molecule has 0 fully saturated rings. The highest BCUT2D eigenvalue weighted by molar-refractivity contribution is 6.48. The average molecular weight is 578 g/mol. The Balaban J connectivity index is 2.00. The minimum Gasteiger partial charge on any atom is -0.267 e. The van der Waals surface area contributed by atoms with Crippen LogP contribution in [-0.2, 0) is 6.18 Å². The lowest BCUT2D eigenvalue weighted by atomic mass is 9.95. The summed E-state index contributed by atoms with van der Waals surface area (Å²) in [5, 5.41) is 11.1. The van der Waals surface area contributed by atoms with Crippen LogP contribution >= 0.6 is 34.8 Å². The molecule has 1 unspecified atom stereocenters. The highest BCUT2D eigenvalue weighted by Gasteiger charge is 2.41. The number of hydrazine groups is 1. The molecule has 0 bridgehead atoms. The molecule has 0 aliphatic rings. The van der Waals surface area contributed by atoms with Gasteiger partial charge in [-0.15, -0.1) is 5.10 Å². The summed E-state index contributed by atoms with van der Waals surface area (Å²) < 4.78 is 96.8. The Hall–Kier alpha value is -3.10. The minimum absolute atomic E-state index is 0.0585. The van der Waals surface area contributed by atoms with Gasteiger partial charge in [-0.2, -0.15) is 31.6 Å². The number of aromatic nitrogens is 4. The van der Waals surface area contributed by atoms with Gasteiger partial charge >= 0.3 is 12.4 Å². The molecule has 17 heteroatoms. The van der Waals surface area contributed by atoms with Crippen molar-refractivity contribution < 1.29 is 35.5 Å². The second kappa shape index (κ2) is 10.5. The lowest BCUT2D eigenvalue weighted by Gasteiger charge is -2.19. The number of benzene rings is 2. The van der Waals surface area contributed by atoms with Crippen molar-refractivity contribution in [2.24, 2.45) is 0 Å². The van der Waals surface area contributed by atoms with E-state index < -0.39 is 52.3 Å². The SMILES string of the molecule is O=C(NNc1nn[nH]n1)c1ccc(C(F)=CC(c2cc(Cl)c(Cl)c(Cl)c2)C(F)(F)F)cc1C(F)(F)F. The van der Waals surface area contributed by atoms with Crippen molar-refractivity contribution in [3.8, 4) is 0 Å². The second-order valence-corrected chi connectivity index (χ2v) is 8.10. The Morgan fingerprint density at radius 3 is 2.19 bits per heavy atom. The topological polar surface area (TPSA) is 95.6 Å². The summed E-state index contributed by atoms with van der Waals surface area (Å²) in [6.07, 6.45) is -10.2. The fraction of sp³-hybridized carbons (Fsp3) is 0.158. The molecular weight excluding hydrogens is 568 g/mol. The van der Waals surface area contributed by atoms with E-state index in [9.17, 15) is 35.5 Å². The summed E-state index contributed by atoms with van der Waals surface area (Å²) in [5.41, 5.74) is -0.0707. The molecule has 3 rings (SSSR count). The zero-order valence-electron chi connectivity index (χ0n) is 17.1. The number of amides is 1. The summed E-state index contributed by atoms with van der Waals surface area (Å²) >= 11 is 17.3. The normalized spacial score (nSPS) is 13.4. The molecule has 36 heavy (non-hydrogen) atoms. The molecule has 0 spiro atoms. The van der Waals surface area contributed by atoms with Gasteiger partial charge in [-0.1, -0.05) is 46.0 Å². The minimum atomic E-state index is -5.17. The Kier molecular flexibility index (Phi) is 8.00. The Bertz CT molecular complexity index is 1270. The number of H-pyrrole nitrogens is 1. The third-order valence-electron chi connectivity index (χ3n) is 4.51. The summed E-state index contributed by atoms with van der Waals surface area (Å²) in [4.78, 5) is 12.2.